The lowest BCUT2D eigenvalue weighted by molar-refractivity contribution is 0.178. The monoisotopic (exact) mass is 276 g/mol. The molecule has 3 rings (SSSR count). The Hall–Kier alpha value is -1.94. The molecule has 0 saturated carbocycles. The first-order valence-corrected chi connectivity index (χ1v) is 6.51. The van der Waals surface area contributed by atoms with Crippen LogP contribution in [0.3, 0.4) is 0 Å². The van der Waals surface area contributed by atoms with Gasteiger partial charge in [0, 0.05) is 12.8 Å². The second-order valence-corrected chi connectivity index (χ2v) is 4.93. The first-order valence-electron chi connectivity index (χ1n) is 6.51. The highest BCUT2D eigenvalue weighted by molar-refractivity contribution is 5.40. The molecule has 20 heavy (non-hydrogen) atoms. The molecule has 0 bridgehead atoms. The number of rotatable bonds is 3. The molecule has 1 aliphatic rings. The van der Waals surface area contributed by atoms with Gasteiger partial charge < -0.3 is 9.84 Å². The molecule has 104 valence electrons. The Balaban J connectivity index is 1.78. The first kappa shape index (κ1) is 13.1. The predicted molar refractivity (Wildman–Crippen MR) is 70.7 cm³/mol. The smallest absolute Gasteiger partial charge is 0.159 e. The number of hydrogen-bond acceptors (Lipinski definition) is 2. The van der Waals surface area contributed by atoms with Gasteiger partial charge in [-0.3, -0.25) is 0 Å². The SMILES string of the molecule is OC(Cc1ccc(F)c(F)c1)c1ccc2c(c1)CCO2. The number of aliphatic hydroxyl groups is 1. The lowest BCUT2D eigenvalue weighted by atomic mass is 9.99. The van der Waals surface area contributed by atoms with Crippen LogP contribution in [-0.2, 0) is 12.8 Å². The van der Waals surface area contributed by atoms with E-state index in [9.17, 15) is 13.9 Å². The van der Waals surface area contributed by atoms with E-state index in [0.717, 1.165) is 35.4 Å². The van der Waals surface area contributed by atoms with Gasteiger partial charge in [-0.1, -0.05) is 12.1 Å². The van der Waals surface area contributed by atoms with Crippen molar-refractivity contribution in [1.29, 1.82) is 0 Å². The Bertz CT molecular complexity index is 640. The molecule has 4 heteroatoms. The van der Waals surface area contributed by atoms with Crippen LogP contribution in [0.1, 0.15) is 22.8 Å². The molecule has 1 unspecified atom stereocenters. The van der Waals surface area contributed by atoms with E-state index in [2.05, 4.69) is 0 Å². The molecule has 1 aliphatic heterocycles. The molecular weight excluding hydrogens is 262 g/mol. The van der Waals surface area contributed by atoms with Crippen LogP contribution in [0.25, 0.3) is 0 Å². The average Bonchev–Trinajstić information content (AvgIpc) is 2.90. The molecule has 0 saturated heterocycles. The van der Waals surface area contributed by atoms with Crippen molar-refractivity contribution < 1.29 is 18.6 Å². The third-order valence-electron chi connectivity index (χ3n) is 3.51. The summed E-state index contributed by atoms with van der Waals surface area (Å²) in [6, 6.07) is 9.23. The van der Waals surface area contributed by atoms with Crippen LogP contribution < -0.4 is 4.74 Å². The van der Waals surface area contributed by atoms with Crippen LogP contribution in [0.5, 0.6) is 5.75 Å². The van der Waals surface area contributed by atoms with Gasteiger partial charge in [0.1, 0.15) is 5.75 Å². The summed E-state index contributed by atoms with van der Waals surface area (Å²) in [6.07, 6.45) is 0.337. The maximum absolute atomic E-state index is 13.1. The van der Waals surface area contributed by atoms with Crippen molar-refractivity contribution in [3.05, 3.63) is 64.7 Å². The van der Waals surface area contributed by atoms with Crippen molar-refractivity contribution >= 4 is 0 Å². The number of fused-ring (bicyclic) bond motifs is 1. The number of ether oxygens (including phenoxy) is 1. The van der Waals surface area contributed by atoms with Gasteiger partial charge in [-0.25, -0.2) is 8.78 Å². The predicted octanol–water partition coefficient (Wildman–Crippen LogP) is 3.18. The zero-order valence-corrected chi connectivity index (χ0v) is 10.8. The molecule has 2 nitrogen and oxygen atoms in total. The summed E-state index contributed by atoms with van der Waals surface area (Å²) in [6.45, 7) is 0.665. The van der Waals surface area contributed by atoms with Crippen molar-refractivity contribution in [2.75, 3.05) is 6.61 Å². The fourth-order valence-corrected chi connectivity index (χ4v) is 2.42. The number of benzene rings is 2. The van der Waals surface area contributed by atoms with Crippen molar-refractivity contribution in [1.82, 2.24) is 0 Å². The molecule has 0 spiro atoms. The van der Waals surface area contributed by atoms with E-state index in [1.54, 1.807) is 6.07 Å². The summed E-state index contributed by atoms with van der Waals surface area (Å²) in [5.41, 5.74) is 2.40. The molecule has 0 aromatic heterocycles. The van der Waals surface area contributed by atoms with Crippen LogP contribution in [0.2, 0.25) is 0 Å². The van der Waals surface area contributed by atoms with Gasteiger partial charge in [0.15, 0.2) is 11.6 Å². The topological polar surface area (TPSA) is 29.5 Å². The minimum absolute atomic E-state index is 0.247. The fraction of sp³-hybridized carbons (Fsp3) is 0.250. The molecule has 2 aromatic rings. The zero-order valence-electron chi connectivity index (χ0n) is 10.8. The van der Waals surface area contributed by atoms with Crippen LogP contribution in [0, 0.1) is 11.6 Å². The van der Waals surface area contributed by atoms with Crippen LogP contribution in [0.4, 0.5) is 8.78 Å². The Morgan fingerprint density at radius 3 is 2.75 bits per heavy atom. The molecule has 2 aromatic carbocycles. The summed E-state index contributed by atoms with van der Waals surface area (Å²) in [5.74, 6) is -0.913. The summed E-state index contributed by atoms with van der Waals surface area (Å²) in [4.78, 5) is 0. The van der Waals surface area contributed by atoms with Gasteiger partial charge in [-0.05, 0) is 41.0 Å². The summed E-state index contributed by atoms with van der Waals surface area (Å²) >= 11 is 0. The molecule has 0 amide bonds. The molecule has 1 atom stereocenters. The van der Waals surface area contributed by atoms with E-state index in [1.165, 1.54) is 6.07 Å². The van der Waals surface area contributed by atoms with Gasteiger partial charge in [-0.15, -0.1) is 0 Å². The van der Waals surface area contributed by atoms with E-state index < -0.39 is 17.7 Å². The molecule has 1 heterocycles. The minimum atomic E-state index is -0.892. The number of aliphatic hydroxyl groups excluding tert-OH is 1. The zero-order chi connectivity index (χ0) is 14.1. The maximum Gasteiger partial charge on any atom is 0.159 e. The molecule has 0 fully saturated rings. The summed E-state index contributed by atoms with van der Waals surface area (Å²) < 4.78 is 31.4. The molecule has 0 radical (unpaired) electrons. The summed E-state index contributed by atoms with van der Waals surface area (Å²) in [5, 5.41) is 10.2. The van der Waals surface area contributed by atoms with Crippen LogP contribution in [-0.4, -0.2) is 11.7 Å². The van der Waals surface area contributed by atoms with Crippen LogP contribution in [0.15, 0.2) is 36.4 Å². The standard InChI is InChI=1S/C16H14F2O2/c17-13-3-1-10(7-14(13)18)8-15(19)11-2-4-16-12(9-11)5-6-20-16/h1-4,7,9,15,19H,5-6,8H2. The second kappa shape index (κ2) is 5.21. The number of hydrogen-bond donors (Lipinski definition) is 1. The normalized spacial score (nSPS) is 14.8. The Morgan fingerprint density at radius 2 is 1.95 bits per heavy atom. The van der Waals surface area contributed by atoms with E-state index in [1.807, 2.05) is 12.1 Å². The van der Waals surface area contributed by atoms with Crippen molar-refractivity contribution in [3.63, 3.8) is 0 Å². The third kappa shape index (κ3) is 2.51. The molecular formula is C16H14F2O2. The van der Waals surface area contributed by atoms with E-state index >= 15 is 0 Å². The average molecular weight is 276 g/mol. The third-order valence-corrected chi connectivity index (χ3v) is 3.51. The largest absolute Gasteiger partial charge is 0.493 e. The summed E-state index contributed by atoms with van der Waals surface area (Å²) in [7, 11) is 0. The van der Waals surface area contributed by atoms with Gasteiger partial charge in [0.05, 0.1) is 12.7 Å². The molecule has 1 N–H and O–H groups in total. The van der Waals surface area contributed by atoms with E-state index in [-0.39, 0.29) is 6.42 Å². The van der Waals surface area contributed by atoms with Crippen molar-refractivity contribution in [3.8, 4) is 5.75 Å². The van der Waals surface area contributed by atoms with Gasteiger partial charge in [0.25, 0.3) is 0 Å². The van der Waals surface area contributed by atoms with E-state index in [0.29, 0.717) is 12.2 Å². The first-order chi connectivity index (χ1) is 9.63. The highest BCUT2D eigenvalue weighted by Crippen LogP contribution is 2.29. The Kier molecular flexibility index (Phi) is 3.40. The molecule has 0 aliphatic carbocycles. The van der Waals surface area contributed by atoms with Crippen molar-refractivity contribution in [2.24, 2.45) is 0 Å². The second-order valence-electron chi connectivity index (χ2n) is 4.93. The highest BCUT2D eigenvalue weighted by atomic mass is 19.2. The van der Waals surface area contributed by atoms with Gasteiger partial charge in [0.2, 0.25) is 0 Å². The fourth-order valence-electron chi connectivity index (χ4n) is 2.42. The van der Waals surface area contributed by atoms with Gasteiger partial charge >= 0.3 is 0 Å². The minimum Gasteiger partial charge on any atom is -0.493 e. The Labute approximate surface area is 115 Å². The lowest BCUT2D eigenvalue weighted by Gasteiger charge is -2.12. The van der Waals surface area contributed by atoms with Crippen LogP contribution >= 0.6 is 0 Å². The van der Waals surface area contributed by atoms with E-state index in [4.69, 9.17) is 4.74 Å². The quantitative estimate of drug-likeness (QED) is 0.933. The lowest BCUT2D eigenvalue weighted by Crippen LogP contribution is -2.03. The highest BCUT2D eigenvalue weighted by Gasteiger charge is 2.16. The number of halogens is 2. The van der Waals surface area contributed by atoms with Crippen molar-refractivity contribution in [2.45, 2.75) is 18.9 Å². The van der Waals surface area contributed by atoms with Gasteiger partial charge in [-0.2, -0.15) is 0 Å². The Morgan fingerprint density at radius 1 is 1.10 bits per heavy atom. The maximum atomic E-state index is 13.1.